The molecular formula is C13H9NO4. The fourth-order valence-electron chi connectivity index (χ4n) is 1.35. The van der Waals surface area contributed by atoms with Gasteiger partial charge in [0.25, 0.3) is 0 Å². The maximum Gasteiger partial charge on any atom is 0.242 e. The summed E-state index contributed by atoms with van der Waals surface area (Å²) < 4.78 is 10.4. The van der Waals surface area contributed by atoms with Crippen molar-refractivity contribution in [1.29, 1.82) is 0 Å². The van der Waals surface area contributed by atoms with Crippen LogP contribution in [0.25, 0.3) is 6.08 Å². The average molecular weight is 243 g/mol. The Bertz CT molecular complexity index is 578. The van der Waals surface area contributed by atoms with Crippen LogP contribution in [0.3, 0.4) is 0 Å². The lowest BCUT2D eigenvalue weighted by atomic mass is 10.2. The molecule has 0 N–H and O–H groups in total. The number of benzene rings is 1. The second kappa shape index (κ2) is 5.55. The van der Waals surface area contributed by atoms with Crippen molar-refractivity contribution in [1.82, 2.24) is 0 Å². The molecule has 5 heteroatoms. The number of fused-ring (bicyclic) bond motifs is 1. The largest absolute Gasteiger partial charge is 0.454 e. The van der Waals surface area contributed by atoms with Crippen molar-refractivity contribution >= 4 is 6.08 Å². The van der Waals surface area contributed by atoms with E-state index in [1.807, 2.05) is 18.2 Å². The van der Waals surface area contributed by atoms with Crippen molar-refractivity contribution in [2.75, 3.05) is 6.79 Å². The third kappa shape index (κ3) is 3.12. The molecule has 0 spiro atoms. The summed E-state index contributed by atoms with van der Waals surface area (Å²) in [5.41, 5.74) is 0.923. The van der Waals surface area contributed by atoms with E-state index in [4.69, 9.17) is 9.47 Å². The molecule has 0 aromatic heterocycles. The van der Waals surface area contributed by atoms with Gasteiger partial charge >= 0.3 is 0 Å². The van der Waals surface area contributed by atoms with E-state index in [1.165, 1.54) is 6.08 Å². The SMILES string of the molecule is O=[N+]([O-])/C=C/C#C/C=C/c1ccc2c(c1)OCO2. The third-order valence-corrected chi connectivity index (χ3v) is 2.12. The predicted octanol–water partition coefficient (Wildman–Crippen LogP) is 2.22. The molecule has 0 atom stereocenters. The Morgan fingerprint density at radius 1 is 1.22 bits per heavy atom. The number of nitrogens with zero attached hydrogens (tertiary/aromatic N) is 1. The second-order valence-corrected chi connectivity index (χ2v) is 3.34. The quantitative estimate of drug-likeness (QED) is 0.454. The first-order valence-corrected chi connectivity index (χ1v) is 5.13. The van der Waals surface area contributed by atoms with Crippen LogP contribution >= 0.6 is 0 Å². The molecule has 1 aliphatic heterocycles. The summed E-state index contributed by atoms with van der Waals surface area (Å²) in [4.78, 5) is 9.41. The molecule has 90 valence electrons. The highest BCUT2D eigenvalue weighted by molar-refractivity contribution is 5.58. The van der Waals surface area contributed by atoms with Crippen LogP contribution in [-0.2, 0) is 0 Å². The Morgan fingerprint density at radius 2 is 2.00 bits per heavy atom. The molecule has 0 amide bonds. The number of rotatable bonds is 2. The Morgan fingerprint density at radius 3 is 2.83 bits per heavy atom. The van der Waals surface area contributed by atoms with Gasteiger partial charge < -0.3 is 9.47 Å². The van der Waals surface area contributed by atoms with E-state index in [-0.39, 0.29) is 6.79 Å². The van der Waals surface area contributed by atoms with Crippen molar-refractivity contribution in [3.63, 3.8) is 0 Å². The first-order chi connectivity index (χ1) is 8.75. The van der Waals surface area contributed by atoms with Crippen molar-refractivity contribution in [3.8, 4) is 23.3 Å². The van der Waals surface area contributed by atoms with Gasteiger partial charge in [-0.2, -0.15) is 0 Å². The van der Waals surface area contributed by atoms with Gasteiger partial charge in [0.2, 0.25) is 13.0 Å². The van der Waals surface area contributed by atoms with Crippen LogP contribution in [0.15, 0.2) is 36.6 Å². The lowest BCUT2D eigenvalue weighted by Gasteiger charge is -1.96. The average Bonchev–Trinajstić information content (AvgIpc) is 2.80. The molecule has 1 aliphatic rings. The minimum absolute atomic E-state index is 0.244. The number of hydrogen-bond donors (Lipinski definition) is 0. The van der Waals surface area contributed by atoms with Crippen LogP contribution in [0.5, 0.6) is 11.5 Å². The Kier molecular flexibility index (Phi) is 3.62. The summed E-state index contributed by atoms with van der Waals surface area (Å²) >= 11 is 0. The molecule has 0 unspecified atom stereocenters. The second-order valence-electron chi connectivity index (χ2n) is 3.34. The maximum absolute atomic E-state index is 9.97. The van der Waals surface area contributed by atoms with Gasteiger partial charge in [0, 0.05) is 0 Å². The van der Waals surface area contributed by atoms with E-state index < -0.39 is 4.92 Å². The Balaban J connectivity index is 1.99. The van der Waals surface area contributed by atoms with Crippen molar-refractivity contribution in [2.24, 2.45) is 0 Å². The monoisotopic (exact) mass is 243 g/mol. The topological polar surface area (TPSA) is 61.6 Å². The lowest BCUT2D eigenvalue weighted by Crippen LogP contribution is -1.92. The van der Waals surface area contributed by atoms with Crippen LogP contribution in [0.1, 0.15) is 5.56 Å². The zero-order valence-electron chi connectivity index (χ0n) is 9.33. The summed E-state index contributed by atoms with van der Waals surface area (Å²) in [6.07, 6.45) is 5.38. The van der Waals surface area contributed by atoms with Crippen LogP contribution in [-0.4, -0.2) is 11.7 Å². The molecule has 1 aromatic rings. The standard InChI is InChI=1S/C13H9NO4/c15-14(16)8-4-2-1-3-5-11-6-7-12-13(9-11)18-10-17-12/h3-9H,10H2/b5-3+,8-4+. The molecule has 5 nitrogen and oxygen atoms in total. The summed E-state index contributed by atoms with van der Waals surface area (Å²) in [7, 11) is 0. The molecule has 0 aliphatic carbocycles. The fourth-order valence-corrected chi connectivity index (χ4v) is 1.35. The van der Waals surface area contributed by atoms with Crippen LogP contribution < -0.4 is 9.47 Å². The summed E-state index contributed by atoms with van der Waals surface area (Å²) in [6.45, 7) is 0.244. The molecule has 0 fully saturated rings. The molecular weight excluding hydrogens is 234 g/mol. The van der Waals surface area contributed by atoms with Gasteiger partial charge in [0.1, 0.15) is 0 Å². The molecule has 0 bridgehead atoms. The van der Waals surface area contributed by atoms with Gasteiger partial charge in [-0.05, 0) is 29.8 Å². The normalized spacial score (nSPS) is 12.7. The molecule has 1 aromatic carbocycles. The highest BCUT2D eigenvalue weighted by Gasteiger charge is 2.11. The number of ether oxygens (including phenoxy) is 2. The fraction of sp³-hybridized carbons (Fsp3) is 0.0769. The van der Waals surface area contributed by atoms with E-state index in [1.54, 1.807) is 12.2 Å². The summed E-state index contributed by atoms with van der Waals surface area (Å²) in [6, 6.07) is 5.54. The molecule has 18 heavy (non-hydrogen) atoms. The summed E-state index contributed by atoms with van der Waals surface area (Å²) in [5.74, 6) is 6.62. The smallest absolute Gasteiger partial charge is 0.242 e. The zero-order chi connectivity index (χ0) is 12.8. The van der Waals surface area contributed by atoms with Crippen molar-refractivity contribution < 1.29 is 14.4 Å². The lowest BCUT2D eigenvalue weighted by molar-refractivity contribution is -0.402. The first kappa shape index (κ1) is 11.7. The molecule has 2 rings (SSSR count). The van der Waals surface area contributed by atoms with Gasteiger partial charge in [0.05, 0.1) is 11.0 Å². The number of allylic oxidation sites excluding steroid dienone is 2. The van der Waals surface area contributed by atoms with Crippen LogP contribution in [0, 0.1) is 22.0 Å². The maximum atomic E-state index is 9.97. The Labute approximate surface area is 103 Å². The molecule has 0 saturated heterocycles. The summed E-state index contributed by atoms with van der Waals surface area (Å²) in [5, 5.41) is 9.97. The van der Waals surface area contributed by atoms with Gasteiger partial charge in [-0.25, -0.2) is 0 Å². The number of hydrogen-bond acceptors (Lipinski definition) is 4. The van der Waals surface area contributed by atoms with E-state index in [0.717, 1.165) is 17.5 Å². The third-order valence-electron chi connectivity index (χ3n) is 2.12. The van der Waals surface area contributed by atoms with E-state index in [0.29, 0.717) is 5.75 Å². The molecule has 0 radical (unpaired) electrons. The van der Waals surface area contributed by atoms with Crippen LogP contribution in [0.2, 0.25) is 0 Å². The van der Waals surface area contributed by atoms with E-state index >= 15 is 0 Å². The molecule has 1 heterocycles. The van der Waals surface area contributed by atoms with Crippen molar-refractivity contribution in [2.45, 2.75) is 0 Å². The van der Waals surface area contributed by atoms with Gasteiger partial charge in [-0.15, -0.1) is 0 Å². The van der Waals surface area contributed by atoms with Crippen LogP contribution in [0.4, 0.5) is 0 Å². The van der Waals surface area contributed by atoms with E-state index in [2.05, 4.69) is 11.8 Å². The minimum Gasteiger partial charge on any atom is -0.454 e. The van der Waals surface area contributed by atoms with Gasteiger partial charge in [-0.3, -0.25) is 10.1 Å². The Hall–Kier alpha value is -2.74. The first-order valence-electron chi connectivity index (χ1n) is 5.13. The van der Waals surface area contributed by atoms with Gasteiger partial charge in [-0.1, -0.05) is 17.9 Å². The van der Waals surface area contributed by atoms with Gasteiger partial charge in [0.15, 0.2) is 11.5 Å². The highest BCUT2D eigenvalue weighted by atomic mass is 16.7. The predicted molar refractivity (Wildman–Crippen MR) is 65.5 cm³/mol. The zero-order valence-corrected chi connectivity index (χ0v) is 9.33. The minimum atomic E-state index is -0.559. The van der Waals surface area contributed by atoms with Crippen molar-refractivity contribution in [3.05, 3.63) is 52.2 Å². The number of nitro groups is 1. The van der Waals surface area contributed by atoms with E-state index in [9.17, 15) is 10.1 Å². The highest BCUT2D eigenvalue weighted by Crippen LogP contribution is 2.32. The molecule has 0 saturated carbocycles.